The molecule has 0 fully saturated rings. The lowest BCUT2D eigenvalue weighted by Crippen LogP contribution is -2.37. The summed E-state index contributed by atoms with van der Waals surface area (Å²) in [5.74, 6) is -0.696. The van der Waals surface area contributed by atoms with E-state index in [0.29, 0.717) is 12.1 Å². The predicted octanol–water partition coefficient (Wildman–Crippen LogP) is 3.48. The van der Waals surface area contributed by atoms with Gasteiger partial charge in [-0.15, -0.1) is 11.3 Å². The molecule has 0 unspecified atom stereocenters. The number of amides is 1. The van der Waals surface area contributed by atoms with Gasteiger partial charge < -0.3 is 5.32 Å². The first kappa shape index (κ1) is 21.5. The fourth-order valence-corrected chi connectivity index (χ4v) is 5.39. The van der Waals surface area contributed by atoms with E-state index in [0.717, 1.165) is 26.1 Å². The van der Waals surface area contributed by atoms with Crippen molar-refractivity contribution in [2.45, 2.75) is 17.9 Å². The lowest BCUT2D eigenvalue weighted by atomic mass is 10.1. The summed E-state index contributed by atoms with van der Waals surface area (Å²) in [6.07, 6.45) is 1.04. The van der Waals surface area contributed by atoms with Crippen molar-refractivity contribution < 1.29 is 17.6 Å². The number of nitrogens with one attached hydrogen (secondary N) is 2. The van der Waals surface area contributed by atoms with Crippen LogP contribution >= 0.6 is 11.3 Å². The summed E-state index contributed by atoms with van der Waals surface area (Å²) in [6, 6.07) is 12.9. The van der Waals surface area contributed by atoms with Crippen LogP contribution in [0.2, 0.25) is 0 Å². The molecule has 1 aliphatic rings. The van der Waals surface area contributed by atoms with Crippen molar-refractivity contribution in [3.05, 3.63) is 81.8 Å². The number of hydrogen-bond donors (Lipinski definition) is 2. The number of nitrogens with zero attached hydrogens (tertiary/aromatic N) is 1. The SMILES string of the molecule is O=C(NCCN1CCc2sccc2C1)c1ccc(S(=O)(=O)Nc2ccc(F)cc2)cc1. The summed E-state index contributed by atoms with van der Waals surface area (Å²) in [5.41, 5.74) is 2.02. The summed E-state index contributed by atoms with van der Waals surface area (Å²) >= 11 is 1.80. The second kappa shape index (κ2) is 9.17. The molecule has 0 saturated heterocycles. The van der Waals surface area contributed by atoms with Crippen LogP contribution in [0.25, 0.3) is 0 Å². The monoisotopic (exact) mass is 459 g/mol. The number of hydrogen-bond acceptors (Lipinski definition) is 5. The minimum absolute atomic E-state index is 0.0215. The van der Waals surface area contributed by atoms with Gasteiger partial charge in [0.2, 0.25) is 0 Å². The normalized spacial score (nSPS) is 14.1. The molecule has 4 rings (SSSR count). The van der Waals surface area contributed by atoms with Crippen molar-refractivity contribution in [2.75, 3.05) is 24.4 Å². The molecular formula is C22H22FN3O3S2. The number of anilines is 1. The number of carbonyl (C=O) groups is 1. The molecule has 6 nitrogen and oxygen atoms in total. The third-order valence-electron chi connectivity index (χ3n) is 5.12. The topological polar surface area (TPSA) is 78.5 Å². The van der Waals surface area contributed by atoms with Gasteiger partial charge in [0.1, 0.15) is 5.82 Å². The maximum absolute atomic E-state index is 13.0. The molecule has 0 spiro atoms. The van der Waals surface area contributed by atoms with E-state index in [4.69, 9.17) is 0 Å². The molecule has 1 amide bonds. The zero-order chi connectivity index (χ0) is 21.8. The number of rotatable bonds is 7. The van der Waals surface area contributed by atoms with Gasteiger partial charge in [0, 0.05) is 42.3 Å². The molecule has 1 aliphatic heterocycles. The Labute approximate surface area is 184 Å². The molecule has 31 heavy (non-hydrogen) atoms. The van der Waals surface area contributed by atoms with Crippen LogP contribution in [0.1, 0.15) is 20.8 Å². The Hall–Kier alpha value is -2.75. The van der Waals surface area contributed by atoms with Crippen molar-refractivity contribution in [3.63, 3.8) is 0 Å². The van der Waals surface area contributed by atoms with E-state index in [1.165, 1.54) is 59.0 Å². The average molecular weight is 460 g/mol. The average Bonchev–Trinajstić information content (AvgIpc) is 3.23. The summed E-state index contributed by atoms with van der Waals surface area (Å²) in [6.45, 7) is 3.17. The molecule has 3 aromatic rings. The highest BCUT2D eigenvalue weighted by atomic mass is 32.2. The largest absolute Gasteiger partial charge is 0.351 e. The van der Waals surface area contributed by atoms with E-state index in [9.17, 15) is 17.6 Å². The van der Waals surface area contributed by atoms with Gasteiger partial charge in [-0.05, 0) is 72.0 Å². The first-order chi connectivity index (χ1) is 14.9. The summed E-state index contributed by atoms with van der Waals surface area (Å²) in [5, 5.41) is 5.01. The van der Waals surface area contributed by atoms with Crippen molar-refractivity contribution in [3.8, 4) is 0 Å². The van der Waals surface area contributed by atoms with Crippen LogP contribution in [0.3, 0.4) is 0 Å². The lowest BCUT2D eigenvalue weighted by molar-refractivity contribution is 0.0947. The summed E-state index contributed by atoms with van der Waals surface area (Å²) in [4.78, 5) is 16.2. The number of fused-ring (bicyclic) bond motifs is 1. The van der Waals surface area contributed by atoms with Crippen molar-refractivity contribution >= 4 is 33.0 Å². The Morgan fingerprint density at radius 2 is 1.81 bits per heavy atom. The van der Waals surface area contributed by atoms with Crippen LogP contribution in [-0.2, 0) is 23.0 Å². The van der Waals surface area contributed by atoms with Crippen LogP contribution in [0.5, 0.6) is 0 Å². The minimum atomic E-state index is -3.83. The second-order valence-corrected chi connectivity index (χ2v) is 9.97. The van der Waals surface area contributed by atoms with Crippen LogP contribution in [0.4, 0.5) is 10.1 Å². The van der Waals surface area contributed by atoms with Gasteiger partial charge in [0.15, 0.2) is 0 Å². The summed E-state index contributed by atoms with van der Waals surface area (Å²) in [7, 11) is -3.83. The van der Waals surface area contributed by atoms with E-state index >= 15 is 0 Å². The quantitative estimate of drug-likeness (QED) is 0.567. The molecule has 0 atom stereocenters. The zero-order valence-electron chi connectivity index (χ0n) is 16.7. The molecular weight excluding hydrogens is 437 g/mol. The molecule has 162 valence electrons. The van der Waals surface area contributed by atoms with E-state index in [1.807, 2.05) is 0 Å². The van der Waals surface area contributed by atoms with Crippen LogP contribution in [0.15, 0.2) is 64.9 Å². The van der Waals surface area contributed by atoms with Crippen molar-refractivity contribution in [1.29, 1.82) is 0 Å². The lowest BCUT2D eigenvalue weighted by Gasteiger charge is -2.26. The Balaban J connectivity index is 1.30. The highest BCUT2D eigenvalue weighted by Crippen LogP contribution is 2.23. The Morgan fingerprint density at radius 1 is 1.06 bits per heavy atom. The fourth-order valence-electron chi connectivity index (χ4n) is 3.44. The van der Waals surface area contributed by atoms with E-state index in [-0.39, 0.29) is 16.5 Å². The predicted molar refractivity (Wildman–Crippen MR) is 119 cm³/mol. The number of carbonyl (C=O) groups excluding carboxylic acids is 1. The maximum Gasteiger partial charge on any atom is 0.261 e. The van der Waals surface area contributed by atoms with E-state index in [2.05, 4.69) is 26.4 Å². The molecule has 2 N–H and O–H groups in total. The Morgan fingerprint density at radius 3 is 2.55 bits per heavy atom. The van der Waals surface area contributed by atoms with Gasteiger partial charge in [-0.2, -0.15) is 0 Å². The molecule has 0 saturated carbocycles. The third-order valence-corrected chi connectivity index (χ3v) is 7.54. The molecule has 2 heterocycles. The number of halogens is 1. The van der Waals surface area contributed by atoms with Crippen LogP contribution in [0, 0.1) is 5.82 Å². The molecule has 0 radical (unpaired) electrons. The van der Waals surface area contributed by atoms with Crippen molar-refractivity contribution in [2.24, 2.45) is 0 Å². The first-order valence-corrected chi connectivity index (χ1v) is 12.2. The molecule has 1 aromatic heterocycles. The van der Waals surface area contributed by atoms with Crippen molar-refractivity contribution in [1.82, 2.24) is 10.2 Å². The smallest absolute Gasteiger partial charge is 0.261 e. The van der Waals surface area contributed by atoms with Crippen LogP contribution in [-0.4, -0.2) is 38.9 Å². The number of sulfonamides is 1. The van der Waals surface area contributed by atoms with Gasteiger partial charge in [-0.25, -0.2) is 12.8 Å². The molecule has 0 bridgehead atoms. The van der Waals surface area contributed by atoms with Gasteiger partial charge in [-0.3, -0.25) is 14.4 Å². The fraction of sp³-hybridized carbons (Fsp3) is 0.227. The number of benzene rings is 2. The zero-order valence-corrected chi connectivity index (χ0v) is 18.3. The van der Waals surface area contributed by atoms with Gasteiger partial charge >= 0.3 is 0 Å². The number of thiophene rings is 1. The minimum Gasteiger partial charge on any atom is -0.351 e. The van der Waals surface area contributed by atoms with Gasteiger partial charge in [0.05, 0.1) is 4.90 Å². The maximum atomic E-state index is 13.0. The second-order valence-electron chi connectivity index (χ2n) is 7.29. The molecule has 9 heteroatoms. The van der Waals surface area contributed by atoms with Crippen LogP contribution < -0.4 is 10.0 Å². The molecule has 0 aliphatic carbocycles. The highest BCUT2D eigenvalue weighted by Gasteiger charge is 2.18. The first-order valence-electron chi connectivity index (χ1n) is 9.85. The van der Waals surface area contributed by atoms with Gasteiger partial charge in [0.25, 0.3) is 15.9 Å². The summed E-state index contributed by atoms with van der Waals surface area (Å²) < 4.78 is 40.3. The van der Waals surface area contributed by atoms with E-state index in [1.54, 1.807) is 11.3 Å². The highest BCUT2D eigenvalue weighted by molar-refractivity contribution is 7.92. The Bertz CT molecular complexity index is 1160. The standard InChI is InChI=1S/C22H22FN3O3S2/c23-18-3-5-19(6-4-18)25-31(28,29)20-7-1-16(2-8-20)22(27)24-11-13-26-12-9-21-17(15-26)10-14-30-21/h1-8,10,14,25H,9,11-13,15H2,(H,24,27). The third kappa shape index (κ3) is 5.30. The molecule has 2 aromatic carbocycles. The van der Waals surface area contributed by atoms with E-state index < -0.39 is 15.8 Å². The Kier molecular flexibility index (Phi) is 6.35. The van der Waals surface area contributed by atoms with Gasteiger partial charge in [-0.1, -0.05) is 0 Å².